The van der Waals surface area contributed by atoms with Crippen LogP contribution in [0.25, 0.3) is 0 Å². The summed E-state index contributed by atoms with van der Waals surface area (Å²) >= 11 is 0. The van der Waals surface area contributed by atoms with Crippen LogP contribution >= 0.6 is 0 Å². The first-order valence-electron chi connectivity index (χ1n) is 5.96. The largest absolute Gasteiger partial charge is 0.306 e. The molecule has 0 atom stereocenters. The maximum absolute atomic E-state index is 8.48. The Morgan fingerprint density at radius 2 is 2.00 bits per heavy atom. The summed E-state index contributed by atoms with van der Waals surface area (Å²) in [7, 11) is 4.32. The Morgan fingerprint density at radius 3 is 2.60 bits per heavy atom. The second kappa shape index (κ2) is 6.81. The van der Waals surface area contributed by atoms with Gasteiger partial charge in [0, 0.05) is 13.0 Å². The van der Waals surface area contributed by atoms with Crippen molar-refractivity contribution in [1.29, 1.82) is 5.26 Å². The highest BCUT2D eigenvalue weighted by Gasteiger charge is 2.16. The number of rotatable bonds is 5. The fourth-order valence-corrected chi connectivity index (χ4v) is 2.11. The quantitative estimate of drug-likeness (QED) is 0.688. The van der Waals surface area contributed by atoms with Crippen LogP contribution in [0.4, 0.5) is 0 Å². The van der Waals surface area contributed by atoms with Crippen LogP contribution in [0.5, 0.6) is 0 Å². The van der Waals surface area contributed by atoms with Crippen molar-refractivity contribution in [3.63, 3.8) is 0 Å². The summed E-state index contributed by atoms with van der Waals surface area (Å²) in [5.41, 5.74) is 0. The lowest BCUT2D eigenvalue weighted by atomic mass is 9.94. The summed E-state index contributed by atoms with van der Waals surface area (Å²) in [6, 6.07) is 2.19. The van der Waals surface area contributed by atoms with Crippen molar-refractivity contribution < 1.29 is 0 Å². The van der Waals surface area contributed by atoms with Crippen molar-refractivity contribution >= 4 is 0 Å². The van der Waals surface area contributed by atoms with Crippen LogP contribution in [0.2, 0.25) is 0 Å². The van der Waals surface area contributed by atoms with E-state index in [1.165, 1.54) is 32.4 Å². The Bertz CT molecular complexity index is 201. The molecule has 1 saturated heterocycles. The fraction of sp³-hybridized carbons (Fsp3) is 0.917. The predicted octanol–water partition coefficient (Wildman–Crippen LogP) is 1.56. The van der Waals surface area contributed by atoms with E-state index < -0.39 is 0 Å². The average Bonchev–Trinajstić information content (AvgIpc) is 2.25. The molecule has 0 bridgehead atoms. The van der Waals surface area contributed by atoms with E-state index in [0.29, 0.717) is 6.42 Å². The highest BCUT2D eigenvalue weighted by Crippen LogP contribution is 2.19. The molecule has 0 aromatic rings. The van der Waals surface area contributed by atoms with Gasteiger partial charge in [0.2, 0.25) is 0 Å². The first-order valence-corrected chi connectivity index (χ1v) is 5.96. The van der Waals surface area contributed by atoms with Gasteiger partial charge in [-0.05, 0) is 58.9 Å². The van der Waals surface area contributed by atoms with Gasteiger partial charge in [-0.15, -0.1) is 0 Å². The Hall–Kier alpha value is -0.590. The van der Waals surface area contributed by atoms with E-state index >= 15 is 0 Å². The molecule has 0 aromatic heterocycles. The van der Waals surface area contributed by atoms with E-state index in [0.717, 1.165) is 19.0 Å². The number of nitrogens with zero attached hydrogens (tertiary/aromatic N) is 3. The first-order chi connectivity index (χ1) is 7.22. The van der Waals surface area contributed by atoms with Gasteiger partial charge in [-0.2, -0.15) is 5.26 Å². The molecule has 1 aliphatic heterocycles. The van der Waals surface area contributed by atoms with Gasteiger partial charge in [-0.25, -0.2) is 0 Å². The Balaban J connectivity index is 2.07. The van der Waals surface area contributed by atoms with Crippen LogP contribution < -0.4 is 0 Å². The molecule has 1 fully saturated rings. The van der Waals surface area contributed by atoms with E-state index in [-0.39, 0.29) is 0 Å². The maximum atomic E-state index is 8.48. The van der Waals surface area contributed by atoms with E-state index in [1.807, 2.05) is 0 Å². The smallest absolute Gasteiger partial charge is 0.0635 e. The summed E-state index contributed by atoms with van der Waals surface area (Å²) in [6.45, 7) is 4.58. The molecule has 1 rings (SSSR count). The average molecular weight is 209 g/mol. The summed E-state index contributed by atoms with van der Waals surface area (Å²) in [6.07, 6.45) is 4.66. The van der Waals surface area contributed by atoms with E-state index in [9.17, 15) is 0 Å². The zero-order valence-electron chi connectivity index (χ0n) is 10.1. The molecule has 15 heavy (non-hydrogen) atoms. The van der Waals surface area contributed by atoms with Crippen LogP contribution in [0.3, 0.4) is 0 Å². The normalized spacial score (nSPS) is 19.3. The summed E-state index contributed by atoms with van der Waals surface area (Å²) in [5.74, 6) is 0.908. The van der Waals surface area contributed by atoms with Gasteiger partial charge in [0.25, 0.3) is 0 Å². The third kappa shape index (κ3) is 5.15. The summed E-state index contributed by atoms with van der Waals surface area (Å²) < 4.78 is 0. The van der Waals surface area contributed by atoms with E-state index in [1.54, 1.807) is 0 Å². The van der Waals surface area contributed by atoms with Crippen LogP contribution in [-0.4, -0.2) is 50.1 Å². The molecule has 1 aliphatic rings. The van der Waals surface area contributed by atoms with Crippen molar-refractivity contribution in [2.24, 2.45) is 5.92 Å². The van der Waals surface area contributed by atoms with Crippen molar-refractivity contribution in [2.45, 2.75) is 25.7 Å². The molecule has 0 N–H and O–H groups in total. The van der Waals surface area contributed by atoms with Gasteiger partial charge in [0.05, 0.1) is 6.07 Å². The third-order valence-electron chi connectivity index (χ3n) is 3.36. The van der Waals surface area contributed by atoms with Crippen molar-refractivity contribution in [3.05, 3.63) is 0 Å². The van der Waals surface area contributed by atoms with Gasteiger partial charge in [0.1, 0.15) is 0 Å². The molecular formula is C12H23N3. The Kier molecular flexibility index (Phi) is 5.67. The lowest BCUT2D eigenvalue weighted by molar-refractivity contribution is 0.196. The molecule has 0 spiro atoms. The second-order valence-electron chi connectivity index (χ2n) is 4.75. The Labute approximate surface area is 93.7 Å². The molecule has 3 nitrogen and oxygen atoms in total. The van der Waals surface area contributed by atoms with Gasteiger partial charge >= 0.3 is 0 Å². The molecule has 0 radical (unpaired) electrons. The van der Waals surface area contributed by atoms with E-state index in [2.05, 4.69) is 30.0 Å². The summed E-state index contributed by atoms with van der Waals surface area (Å²) in [4.78, 5) is 4.69. The third-order valence-corrected chi connectivity index (χ3v) is 3.36. The van der Waals surface area contributed by atoms with Crippen molar-refractivity contribution in [1.82, 2.24) is 9.80 Å². The SMILES string of the molecule is CN(CCC#N)CCC1CCN(C)CC1. The summed E-state index contributed by atoms with van der Waals surface area (Å²) in [5, 5.41) is 8.48. The zero-order valence-corrected chi connectivity index (χ0v) is 10.1. The molecule has 0 aromatic carbocycles. The van der Waals surface area contributed by atoms with Gasteiger partial charge in [0.15, 0.2) is 0 Å². The van der Waals surface area contributed by atoms with Gasteiger partial charge in [-0.3, -0.25) is 0 Å². The molecule has 3 heteroatoms. The van der Waals surface area contributed by atoms with Crippen molar-refractivity contribution in [2.75, 3.05) is 40.3 Å². The number of hydrogen-bond donors (Lipinski definition) is 0. The van der Waals surface area contributed by atoms with Gasteiger partial charge < -0.3 is 9.80 Å². The number of nitriles is 1. The second-order valence-corrected chi connectivity index (χ2v) is 4.75. The number of hydrogen-bond acceptors (Lipinski definition) is 3. The molecule has 0 aliphatic carbocycles. The lowest BCUT2D eigenvalue weighted by Gasteiger charge is -2.29. The number of piperidine rings is 1. The minimum Gasteiger partial charge on any atom is -0.306 e. The van der Waals surface area contributed by atoms with E-state index in [4.69, 9.17) is 5.26 Å². The van der Waals surface area contributed by atoms with Crippen LogP contribution in [0.1, 0.15) is 25.7 Å². The Morgan fingerprint density at radius 1 is 1.33 bits per heavy atom. The standard InChI is InChI=1S/C12H23N3/c1-14(8-3-7-13)9-4-12-5-10-15(2)11-6-12/h12H,3-6,8-11H2,1-2H3. The molecule has 0 saturated carbocycles. The van der Waals surface area contributed by atoms with Crippen molar-refractivity contribution in [3.8, 4) is 6.07 Å². The molecule has 0 unspecified atom stereocenters. The minimum absolute atomic E-state index is 0.657. The fourth-order valence-electron chi connectivity index (χ4n) is 2.11. The zero-order chi connectivity index (χ0) is 11.1. The molecular weight excluding hydrogens is 186 g/mol. The van der Waals surface area contributed by atoms with Crippen LogP contribution in [0.15, 0.2) is 0 Å². The topological polar surface area (TPSA) is 30.3 Å². The van der Waals surface area contributed by atoms with Crippen LogP contribution in [0, 0.1) is 17.2 Å². The highest BCUT2D eigenvalue weighted by atomic mass is 15.1. The maximum Gasteiger partial charge on any atom is 0.0635 e. The lowest BCUT2D eigenvalue weighted by Crippen LogP contribution is -2.32. The highest BCUT2D eigenvalue weighted by molar-refractivity contribution is 4.73. The predicted molar refractivity (Wildman–Crippen MR) is 62.6 cm³/mol. The minimum atomic E-state index is 0.657. The number of likely N-dealkylation sites (tertiary alicyclic amines) is 1. The molecule has 0 amide bonds. The van der Waals surface area contributed by atoms with Gasteiger partial charge in [-0.1, -0.05) is 0 Å². The van der Waals surface area contributed by atoms with Crippen LogP contribution in [-0.2, 0) is 0 Å². The molecule has 86 valence electrons. The molecule has 1 heterocycles. The monoisotopic (exact) mass is 209 g/mol. The first kappa shape index (κ1) is 12.5.